The van der Waals surface area contributed by atoms with Gasteiger partial charge in [0.1, 0.15) is 0 Å². The second kappa shape index (κ2) is 2.19. The Kier molecular flexibility index (Phi) is 1.21. The first kappa shape index (κ1) is 6.09. The Morgan fingerprint density at radius 1 is 1.45 bits per heavy atom. The highest BCUT2D eigenvalue weighted by molar-refractivity contribution is 5.41. The van der Waals surface area contributed by atoms with Gasteiger partial charge in [0.2, 0.25) is 12.2 Å². The zero-order chi connectivity index (χ0) is 7.68. The first-order valence-corrected chi connectivity index (χ1v) is 3.12. The molecule has 0 radical (unpaired) electrons. The monoisotopic (exact) mass is 150 g/mol. The molecule has 0 unspecified atom stereocenters. The van der Waals surface area contributed by atoms with Gasteiger partial charge in [-0.15, -0.1) is 0 Å². The maximum absolute atomic E-state index is 4.58. The van der Waals surface area contributed by atoms with Crippen LogP contribution in [0.4, 0.5) is 0 Å². The standard InChI is InChI=1S/C6H6N4O/c1-10-3-2-7-6(10)5-8-4-11-9-5/h2-4H,1H3. The molecule has 0 bridgehead atoms. The lowest BCUT2D eigenvalue weighted by Gasteiger charge is -1.91. The van der Waals surface area contributed by atoms with Crippen molar-refractivity contribution < 1.29 is 4.52 Å². The molecule has 0 aromatic carbocycles. The van der Waals surface area contributed by atoms with Crippen LogP contribution in [-0.4, -0.2) is 19.7 Å². The molecule has 5 nitrogen and oxygen atoms in total. The SMILES string of the molecule is Cn1ccnc1-c1ncon1. The van der Waals surface area contributed by atoms with Gasteiger partial charge in [-0.25, -0.2) is 4.98 Å². The maximum Gasteiger partial charge on any atom is 0.238 e. The van der Waals surface area contributed by atoms with Gasteiger partial charge in [-0.2, -0.15) is 4.98 Å². The average Bonchev–Trinajstić information content (AvgIpc) is 2.55. The van der Waals surface area contributed by atoms with Crippen LogP contribution in [0.3, 0.4) is 0 Å². The Balaban J connectivity index is 2.53. The summed E-state index contributed by atoms with van der Waals surface area (Å²) in [4.78, 5) is 7.89. The van der Waals surface area contributed by atoms with Crippen molar-refractivity contribution in [1.29, 1.82) is 0 Å². The fraction of sp³-hybridized carbons (Fsp3) is 0.167. The summed E-state index contributed by atoms with van der Waals surface area (Å²) < 4.78 is 6.40. The van der Waals surface area contributed by atoms with E-state index in [1.165, 1.54) is 6.39 Å². The quantitative estimate of drug-likeness (QED) is 0.593. The number of rotatable bonds is 1. The van der Waals surface area contributed by atoms with Crippen molar-refractivity contribution >= 4 is 0 Å². The molecule has 11 heavy (non-hydrogen) atoms. The zero-order valence-corrected chi connectivity index (χ0v) is 5.93. The molecule has 56 valence electrons. The van der Waals surface area contributed by atoms with E-state index in [1.54, 1.807) is 6.20 Å². The Bertz CT molecular complexity index is 337. The van der Waals surface area contributed by atoms with Gasteiger partial charge in [-0.05, 0) is 0 Å². The predicted molar refractivity (Wildman–Crippen MR) is 36.5 cm³/mol. The van der Waals surface area contributed by atoms with Crippen molar-refractivity contribution in [3.63, 3.8) is 0 Å². The minimum Gasteiger partial charge on any atom is -0.342 e. The van der Waals surface area contributed by atoms with Crippen LogP contribution in [0.2, 0.25) is 0 Å². The molecule has 0 aliphatic carbocycles. The highest BCUT2D eigenvalue weighted by atomic mass is 16.5. The average molecular weight is 150 g/mol. The van der Waals surface area contributed by atoms with Crippen molar-refractivity contribution in [3.05, 3.63) is 18.8 Å². The minimum atomic E-state index is 0.512. The normalized spacial score (nSPS) is 10.3. The molecule has 2 aromatic rings. The summed E-state index contributed by atoms with van der Waals surface area (Å²) in [6, 6.07) is 0. The van der Waals surface area contributed by atoms with Crippen molar-refractivity contribution in [2.24, 2.45) is 7.05 Å². The molecule has 2 heterocycles. The fourth-order valence-electron chi connectivity index (χ4n) is 0.850. The number of aromatic nitrogens is 4. The van der Waals surface area contributed by atoms with E-state index in [1.807, 2.05) is 17.8 Å². The molecule has 0 spiro atoms. The lowest BCUT2D eigenvalue weighted by atomic mass is 10.6. The minimum absolute atomic E-state index is 0.512. The molecule has 2 aromatic heterocycles. The largest absolute Gasteiger partial charge is 0.342 e. The number of aryl methyl sites for hydroxylation is 1. The first-order valence-electron chi connectivity index (χ1n) is 3.12. The summed E-state index contributed by atoms with van der Waals surface area (Å²) in [6.07, 6.45) is 4.79. The van der Waals surface area contributed by atoms with E-state index in [-0.39, 0.29) is 0 Å². The topological polar surface area (TPSA) is 56.7 Å². The predicted octanol–water partition coefficient (Wildman–Crippen LogP) is 0.470. The second-order valence-electron chi connectivity index (χ2n) is 2.12. The lowest BCUT2D eigenvalue weighted by Crippen LogP contribution is -1.92. The van der Waals surface area contributed by atoms with Crippen LogP contribution in [0.1, 0.15) is 0 Å². The third-order valence-corrected chi connectivity index (χ3v) is 1.38. The molecule has 0 saturated carbocycles. The molecule has 0 amide bonds. The van der Waals surface area contributed by atoms with Crippen LogP contribution in [0.5, 0.6) is 0 Å². The maximum atomic E-state index is 4.58. The van der Waals surface area contributed by atoms with Crippen LogP contribution >= 0.6 is 0 Å². The number of hydrogen-bond acceptors (Lipinski definition) is 4. The Labute approximate surface area is 62.7 Å². The van der Waals surface area contributed by atoms with E-state index >= 15 is 0 Å². The molecule has 2 rings (SSSR count). The molecule has 0 N–H and O–H groups in total. The van der Waals surface area contributed by atoms with Gasteiger partial charge in [0.25, 0.3) is 0 Å². The summed E-state index contributed by atoms with van der Waals surface area (Å²) in [5.41, 5.74) is 0. The summed E-state index contributed by atoms with van der Waals surface area (Å²) in [5, 5.41) is 3.65. The van der Waals surface area contributed by atoms with Crippen molar-refractivity contribution in [2.45, 2.75) is 0 Å². The van der Waals surface area contributed by atoms with Gasteiger partial charge in [0.05, 0.1) is 0 Å². The van der Waals surface area contributed by atoms with Gasteiger partial charge < -0.3 is 9.09 Å². The lowest BCUT2D eigenvalue weighted by molar-refractivity contribution is 0.418. The molecule has 5 heteroatoms. The van der Waals surface area contributed by atoms with Crippen LogP contribution in [0.25, 0.3) is 11.6 Å². The molecule has 0 aliphatic heterocycles. The molecular weight excluding hydrogens is 144 g/mol. The van der Waals surface area contributed by atoms with Crippen molar-refractivity contribution in [2.75, 3.05) is 0 Å². The second-order valence-corrected chi connectivity index (χ2v) is 2.12. The summed E-state index contributed by atoms with van der Waals surface area (Å²) in [7, 11) is 1.87. The van der Waals surface area contributed by atoms with Gasteiger partial charge in [-0.1, -0.05) is 5.16 Å². The van der Waals surface area contributed by atoms with Crippen LogP contribution in [0, 0.1) is 0 Å². The van der Waals surface area contributed by atoms with E-state index < -0.39 is 0 Å². The van der Waals surface area contributed by atoms with Crippen LogP contribution in [-0.2, 0) is 7.05 Å². The smallest absolute Gasteiger partial charge is 0.238 e. The third-order valence-electron chi connectivity index (χ3n) is 1.38. The van der Waals surface area contributed by atoms with Gasteiger partial charge in [-0.3, -0.25) is 0 Å². The van der Waals surface area contributed by atoms with Gasteiger partial charge in [0.15, 0.2) is 5.82 Å². The molecule has 0 aliphatic rings. The van der Waals surface area contributed by atoms with Gasteiger partial charge >= 0.3 is 0 Å². The summed E-state index contributed by atoms with van der Waals surface area (Å²) in [5.74, 6) is 1.22. The highest BCUT2D eigenvalue weighted by Gasteiger charge is 2.06. The number of imidazole rings is 1. The van der Waals surface area contributed by atoms with E-state index in [2.05, 4.69) is 19.6 Å². The van der Waals surface area contributed by atoms with E-state index in [4.69, 9.17) is 0 Å². The Morgan fingerprint density at radius 3 is 2.91 bits per heavy atom. The zero-order valence-electron chi connectivity index (χ0n) is 5.93. The van der Waals surface area contributed by atoms with E-state index in [0.717, 1.165) is 0 Å². The van der Waals surface area contributed by atoms with Gasteiger partial charge in [0, 0.05) is 19.4 Å². The van der Waals surface area contributed by atoms with Crippen LogP contribution < -0.4 is 0 Å². The molecular formula is C6H6N4O. The number of hydrogen-bond donors (Lipinski definition) is 0. The Morgan fingerprint density at radius 2 is 2.36 bits per heavy atom. The first-order chi connectivity index (χ1) is 5.38. The fourth-order valence-corrected chi connectivity index (χ4v) is 0.850. The molecule has 0 fully saturated rings. The van der Waals surface area contributed by atoms with Crippen molar-refractivity contribution in [3.8, 4) is 11.6 Å². The van der Waals surface area contributed by atoms with E-state index in [0.29, 0.717) is 11.6 Å². The Hall–Kier alpha value is -1.65. The summed E-state index contributed by atoms with van der Waals surface area (Å²) >= 11 is 0. The third kappa shape index (κ3) is 0.899. The number of nitrogens with zero attached hydrogens (tertiary/aromatic N) is 4. The van der Waals surface area contributed by atoms with Crippen molar-refractivity contribution in [1.82, 2.24) is 19.7 Å². The highest BCUT2D eigenvalue weighted by Crippen LogP contribution is 2.08. The summed E-state index contributed by atoms with van der Waals surface area (Å²) in [6.45, 7) is 0. The molecule has 0 atom stereocenters. The van der Waals surface area contributed by atoms with Crippen LogP contribution in [0.15, 0.2) is 23.3 Å². The van der Waals surface area contributed by atoms with E-state index in [9.17, 15) is 0 Å². The molecule has 0 saturated heterocycles.